The molecule has 0 unspecified atom stereocenters. The molecule has 1 aromatic rings. The number of carbonyl (C=O) groups excluding carboxylic acids is 2. The Kier molecular flexibility index (Phi) is 5.85. The highest BCUT2D eigenvalue weighted by molar-refractivity contribution is 5.95. The van der Waals surface area contributed by atoms with Crippen LogP contribution in [0.2, 0.25) is 0 Å². The van der Waals surface area contributed by atoms with Crippen molar-refractivity contribution in [1.82, 2.24) is 15.5 Å². The van der Waals surface area contributed by atoms with Gasteiger partial charge in [-0.2, -0.15) is 0 Å². The molecule has 0 saturated carbocycles. The van der Waals surface area contributed by atoms with Gasteiger partial charge in [0.2, 0.25) is 0 Å². The quantitative estimate of drug-likeness (QED) is 0.772. The van der Waals surface area contributed by atoms with Crippen molar-refractivity contribution in [3.63, 3.8) is 0 Å². The SMILES string of the molecule is CCOC(=O)C1=C(CN2CCOCC2)NC(=O)N[C@H]1c1ccc(F)cc1. The van der Waals surface area contributed by atoms with E-state index in [1.807, 2.05) is 0 Å². The molecule has 2 heterocycles. The number of nitrogens with one attached hydrogen (secondary N) is 2. The van der Waals surface area contributed by atoms with E-state index in [0.29, 0.717) is 49.7 Å². The van der Waals surface area contributed by atoms with Gasteiger partial charge in [-0.3, -0.25) is 4.90 Å². The number of halogens is 1. The Hall–Kier alpha value is -2.45. The summed E-state index contributed by atoms with van der Waals surface area (Å²) in [6.45, 7) is 4.99. The van der Waals surface area contributed by atoms with Crippen LogP contribution in [0, 0.1) is 5.82 Å². The van der Waals surface area contributed by atoms with Gasteiger partial charge in [-0.25, -0.2) is 14.0 Å². The average Bonchev–Trinajstić information content (AvgIpc) is 2.63. The van der Waals surface area contributed by atoms with E-state index in [1.165, 1.54) is 12.1 Å². The van der Waals surface area contributed by atoms with Crippen molar-refractivity contribution in [2.24, 2.45) is 0 Å². The molecule has 7 nitrogen and oxygen atoms in total. The molecular weight excluding hydrogens is 341 g/mol. The zero-order chi connectivity index (χ0) is 18.5. The van der Waals surface area contributed by atoms with Gasteiger partial charge >= 0.3 is 12.0 Å². The first-order valence-corrected chi connectivity index (χ1v) is 8.61. The lowest BCUT2D eigenvalue weighted by molar-refractivity contribution is -0.139. The Labute approximate surface area is 151 Å². The van der Waals surface area contributed by atoms with Gasteiger partial charge in [0.1, 0.15) is 5.82 Å². The molecule has 26 heavy (non-hydrogen) atoms. The van der Waals surface area contributed by atoms with Crippen LogP contribution in [-0.4, -0.2) is 56.4 Å². The summed E-state index contributed by atoms with van der Waals surface area (Å²) >= 11 is 0. The number of urea groups is 1. The lowest BCUT2D eigenvalue weighted by Gasteiger charge is -2.33. The molecule has 1 saturated heterocycles. The summed E-state index contributed by atoms with van der Waals surface area (Å²) in [5, 5.41) is 5.47. The summed E-state index contributed by atoms with van der Waals surface area (Å²) in [5.74, 6) is -0.887. The fourth-order valence-electron chi connectivity index (χ4n) is 3.08. The number of nitrogens with zero attached hydrogens (tertiary/aromatic N) is 1. The van der Waals surface area contributed by atoms with Gasteiger partial charge in [0, 0.05) is 25.3 Å². The van der Waals surface area contributed by atoms with Gasteiger partial charge in [-0.15, -0.1) is 0 Å². The van der Waals surface area contributed by atoms with Crippen molar-refractivity contribution in [3.05, 3.63) is 46.9 Å². The van der Waals surface area contributed by atoms with Crippen LogP contribution < -0.4 is 10.6 Å². The number of hydrogen-bond acceptors (Lipinski definition) is 5. The largest absolute Gasteiger partial charge is 0.463 e. The molecule has 0 radical (unpaired) electrons. The van der Waals surface area contributed by atoms with Gasteiger partial charge in [0.15, 0.2) is 0 Å². The second-order valence-corrected chi connectivity index (χ2v) is 6.08. The minimum atomic E-state index is -0.695. The number of ether oxygens (including phenoxy) is 2. The highest BCUT2D eigenvalue weighted by Gasteiger charge is 2.34. The van der Waals surface area contributed by atoms with Gasteiger partial charge < -0.3 is 20.1 Å². The van der Waals surface area contributed by atoms with Gasteiger partial charge in [-0.05, 0) is 24.6 Å². The maximum atomic E-state index is 13.3. The summed E-state index contributed by atoms with van der Waals surface area (Å²) in [5.41, 5.74) is 1.46. The Morgan fingerprint density at radius 2 is 2.00 bits per heavy atom. The molecule has 8 heteroatoms. The fraction of sp³-hybridized carbons (Fsp3) is 0.444. The molecular formula is C18H22FN3O4. The highest BCUT2D eigenvalue weighted by Crippen LogP contribution is 2.28. The topological polar surface area (TPSA) is 79.9 Å². The van der Waals surface area contributed by atoms with E-state index in [1.54, 1.807) is 19.1 Å². The molecule has 0 spiro atoms. The number of carbonyl (C=O) groups is 2. The molecule has 1 aromatic carbocycles. The maximum Gasteiger partial charge on any atom is 0.338 e. The zero-order valence-electron chi connectivity index (χ0n) is 14.6. The molecule has 2 amide bonds. The molecule has 2 aliphatic heterocycles. The molecule has 2 N–H and O–H groups in total. The lowest BCUT2D eigenvalue weighted by atomic mass is 9.95. The lowest BCUT2D eigenvalue weighted by Crippen LogP contribution is -2.49. The summed E-state index contributed by atoms with van der Waals surface area (Å²) in [6.07, 6.45) is 0. The van der Waals surface area contributed by atoms with Crippen molar-refractivity contribution in [3.8, 4) is 0 Å². The van der Waals surface area contributed by atoms with Gasteiger partial charge in [-0.1, -0.05) is 12.1 Å². The molecule has 0 aliphatic carbocycles. The van der Waals surface area contributed by atoms with Gasteiger partial charge in [0.25, 0.3) is 0 Å². The van der Waals surface area contributed by atoms with Crippen LogP contribution in [0.4, 0.5) is 9.18 Å². The highest BCUT2D eigenvalue weighted by atomic mass is 19.1. The number of hydrogen-bond donors (Lipinski definition) is 2. The Morgan fingerprint density at radius 1 is 1.31 bits per heavy atom. The monoisotopic (exact) mass is 363 g/mol. The van der Waals surface area contributed by atoms with E-state index < -0.39 is 18.0 Å². The number of benzene rings is 1. The van der Waals surface area contributed by atoms with Crippen molar-refractivity contribution in [2.75, 3.05) is 39.5 Å². The summed E-state index contributed by atoms with van der Waals surface area (Å²) < 4.78 is 23.8. The summed E-state index contributed by atoms with van der Waals surface area (Å²) in [7, 11) is 0. The maximum absolute atomic E-state index is 13.3. The first-order chi connectivity index (χ1) is 12.6. The van der Waals surface area contributed by atoms with Crippen LogP contribution in [0.5, 0.6) is 0 Å². The zero-order valence-corrected chi connectivity index (χ0v) is 14.6. The molecule has 140 valence electrons. The van der Waals surface area contributed by atoms with Crippen LogP contribution in [0.25, 0.3) is 0 Å². The average molecular weight is 363 g/mol. The van der Waals surface area contributed by atoms with E-state index in [4.69, 9.17) is 9.47 Å². The molecule has 1 atom stereocenters. The smallest absolute Gasteiger partial charge is 0.338 e. The third kappa shape index (κ3) is 4.20. The minimum absolute atomic E-state index is 0.219. The summed E-state index contributed by atoms with van der Waals surface area (Å²) in [4.78, 5) is 26.9. The second kappa shape index (κ2) is 8.29. The van der Waals surface area contributed by atoms with Gasteiger partial charge in [0.05, 0.1) is 31.4 Å². The molecule has 0 bridgehead atoms. The molecule has 2 aliphatic rings. The van der Waals surface area contributed by atoms with Crippen molar-refractivity contribution in [1.29, 1.82) is 0 Å². The molecule has 3 rings (SSSR count). The van der Waals surface area contributed by atoms with E-state index in [2.05, 4.69) is 15.5 Å². The number of esters is 1. The first kappa shape index (κ1) is 18.3. The predicted octanol–water partition coefficient (Wildman–Crippen LogP) is 1.33. The van der Waals surface area contributed by atoms with Crippen molar-refractivity contribution in [2.45, 2.75) is 13.0 Å². The van der Waals surface area contributed by atoms with Crippen LogP contribution in [0.1, 0.15) is 18.5 Å². The first-order valence-electron chi connectivity index (χ1n) is 8.61. The molecule has 0 aromatic heterocycles. The van der Waals surface area contributed by atoms with E-state index in [-0.39, 0.29) is 12.4 Å². The Bertz CT molecular complexity index is 699. The summed E-state index contributed by atoms with van der Waals surface area (Å²) in [6, 6.07) is 4.60. The Balaban J connectivity index is 1.96. The van der Waals surface area contributed by atoms with Crippen LogP contribution in [0.3, 0.4) is 0 Å². The van der Waals surface area contributed by atoms with Crippen molar-refractivity contribution >= 4 is 12.0 Å². The minimum Gasteiger partial charge on any atom is -0.463 e. The number of morpholine rings is 1. The standard InChI is InChI=1S/C18H22FN3O4/c1-2-26-17(23)15-14(11-22-7-9-25-10-8-22)20-18(24)21-16(15)12-3-5-13(19)6-4-12/h3-6,16H,2,7-11H2,1H3,(H2,20,21,24)/t16-/m0/s1. The van der Waals surface area contributed by atoms with E-state index in [0.717, 1.165) is 0 Å². The van der Waals surface area contributed by atoms with Crippen LogP contribution in [0.15, 0.2) is 35.5 Å². The molecule has 1 fully saturated rings. The number of amides is 2. The third-order valence-corrected chi connectivity index (χ3v) is 4.34. The van der Waals surface area contributed by atoms with Crippen LogP contribution in [-0.2, 0) is 14.3 Å². The fourth-order valence-corrected chi connectivity index (χ4v) is 3.08. The third-order valence-electron chi connectivity index (χ3n) is 4.34. The van der Waals surface area contributed by atoms with E-state index >= 15 is 0 Å². The number of rotatable bonds is 5. The Morgan fingerprint density at radius 3 is 2.65 bits per heavy atom. The normalized spacial score (nSPS) is 21.2. The van der Waals surface area contributed by atoms with E-state index in [9.17, 15) is 14.0 Å². The second-order valence-electron chi connectivity index (χ2n) is 6.08. The van der Waals surface area contributed by atoms with Crippen LogP contribution >= 0.6 is 0 Å². The van der Waals surface area contributed by atoms with Crippen molar-refractivity contribution < 1.29 is 23.5 Å². The predicted molar refractivity (Wildman–Crippen MR) is 91.7 cm³/mol.